The minimum atomic E-state index is 0.110. The monoisotopic (exact) mass is 390 g/mol. The number of hydrogen-bond acceptors (Lipinski definition) is 5. The molecule has 0 saturated heterocycles. The van der Waals surface area contributed by atoms with Crippen LogP contribution in [0.2, 0.25) is 0 Å². The van der Waals surface area contributed by atoms with Gasteiger partial charge in [-0.2, -0.15) is 0 Å². The van der Waals surface area contributed by atoms with Gasteiger partial charge >= 0.3 is 0 Å². The Hall–Kier alpha value is -2.92. The first-order valence-corrected chi connectivity index (χ1v) is 9.89. The summed E-state index contributed by atoms with van der Waals surface area (Å²) in [7, 11) is 3.36. The number of ether oxygens (including phenoxy) is 2. The number of thioether (sulfide) groups is 1. The second-order valence-corrected chi connectivity index (χ2v) is 7.77. The predicted molar refractivity (Wildman–Crippen MR) is 116 cm³/mol. The third-order valence-corrected chi connectivity index (χ3v) is 5.58. The number of fused-ring (bicyclic) bond motifs is 1. The van der Waals surface area contributed by atoms with Crippen molar-refractivity contribution in [1.82, 2.24) is 4.90 Å². The van der Waals surface area contributed by atoms with Crippen LogP contribution in [0.25, 0.3) is 6.08 Å². The molecule has 0 amide bonds. The normalized spacial score (nSPS) is 18.5. The molecule has 0 radical (unpaired) electrons. The molecule has 142 valence electrons. The average Bonchev–Trinajstić information content (AvgIpc) is 3.12. The summed E-state index contributed by atoms with van der Waals surface area (Å²) in [5, 5.41) is 1.01. The van der Waals surface area contributed by atoms with E-state index in [1.54, 1.807) is 26.0 Å². The minimum absolute atomic E-state index is 0.110. The molecule has 5 heteroatoms. The van der Waals surface area contributed by atoms with E-state index in [1.807, 2.05) is 36.4 Å². The first-order chi connectivity index (χ1) is 13.7. The highest BCUT2D eigenvalue weighted by Gasteiger charge is 2.29. The van der Waals surface area contributed by atoms with Gasteiger partial charge in [-0.3, -0.25) is 0 Å². The Bertz CT molecular complexity index is 973. The molecule has 2 aliphatic heterocycles. The van der Waals surface area contributed by atoms with E-state index in [1.165, 1.54) is 10.5 Å². The molecular formula is C23H22N2O2S. The Morgan fingerprint density at radius 1 is 0.929 bits per heavy atom. The fraction of sp³-hybridized carbons (Fsp3) is 0.174. The molecule has 0 aromatic heterocycles. The van der Waals surface area contributed by atoms with Gasteiger partial charge in [0, 0.05) is 11.1 Å². The first-order valence-electron chi connectivity index (χ1n) is 9.07. The Labute approximate surface area is 169 Å². The third-order valence-electron chi connectivity index (χ3n) is 4.67. The van der Waals surface area contributed by atoms with E-state index in [0.29, 0.717) is 0 Å². The maximum Gasteiger partial charge on any atom is 0.173 e. The predicted octanol–water partition coefficient (Wildman–Crippen LogP) is 5.62. The van der Waals surface area contributed by atoms with E-state index in [2.05, 4.69) is 48.4 Å². The van der Waals surface area contributed by atoms with Crippen LogP contribution in [0.1, 0.15) is 24.1 Å². The molecule has 0 N–H and O–H groups in total. The zero-order chi connectivity index (χ0) is 19.5. The van der Waals surface area contributed by atoms with Crippen molar-refractivity contribution in [3.8, 4) is 11.5 Å². The number of hydrogen-bond donors (Lipinski definition) is 0. The Balaban J connectivity index is 1.63. The molecule has 4 rings (SSSR count). The van der Waals surface area contributed by atoms with Crippen LogP contribution in [-0.2, 0) is 0 Å². The van der Waals surface area contributed by atoms with Crippen molar-refractivity contribution >= 4 is 23.0 Å². The summed E-state index contributed by atoms with van der Waals surface area (Å²) in [6.07, 6.45) is 8.51. The highest BCUT2D eigenvalue weighted by atomic mass is 32.2. The molecule has 28 heavy (non-hydrogen) atoms. The lowest BCUT2D eigenvalue weighted by atomic mass is 10.0. The lowest BCUT2D eigenvalue weighted by Crippen LogP contribution is -2.27. The molecule has 1 unspecified atom stereocenters. The van der Waals surface area contributed by atoms with Gasteiger partial charge in [-0.05, 0) is 54.5 Å². The lowest BCUT2D eigenvalue weighted by molar-refractivity contribution is 0.414. The van der Waals surface area contributed by atoms with E-state index >= 15 is 0 Å². The molecule has 0 aliphatic carbocycles. The summed E-state index contributed by atoms with van der Waals surface area (Å²) < 4.78 is 10.5. The zero-order valence-electron chi connectivity index (χ0n) is 16.1. The van der Waals surface area contributed by atoms with Crippen LogP contribution < -0.4 is 9.47 Å². The van der Waals surface area contributed by atoms with Crippen molar-refractivity contribution in [1.29, 1.82) is 0 Å². The van der Waals surface area contributed by atoms with Crippen molar-refractivity contribution in [2.45, 2.75) is 13.0 Å². The summed E-state index contributed by atoms with van der Waals surface area (Å²) in [6, 6.07) is 16.3. The van der Waals surface area contributed by atoms with Crippen LogP contribution in [0.5, 0.6) is 11.5 Å². The van der Waals surface area contributed by atoms with Gasteiger partial charge in [-0.25, -0.2) is 4.99 Å². The van der Waals surface area contributed by atoms with E-state index < -0.39 is 0 Å². The van der Waals surface area contributed by atoms with E-state index in [4.69, 9.17) is 14.5 Å². The van der Waals surface area contributed by atoms with Gasteiger partial charge in [0.1, 0.15) is 11.5 Å². The maximum absolute atomic E-state index is 5.30. The topological polar surface area (TPSA) is 34.1 Å². The standard InChI is InChI=1S/C23H22N2O2S/c1-16-15-25-22(18-7-12-21(27-3)13-8-18)14-19(24-23(25)28-16)9-4-17-5-10-20(26-2)11-6-17/h4-15,22H,1-3H3/b9-4+. The van der Waals surface area contributed by atoms with Gasteiger partial charge in [-0.1, -0.05) is 42.1 Å². The minimum Gasteiger partial charge on any atom is -0.497 e. The van der Waals surface area contributed by atoms with Gasteiger partial charge in [0.2, 0.25) is 0 Å². The summed E-state index contributed by atoms with van der Waals surface area (Å²) in [5.41, 5.74) is 3.27. The Morgan fingerprint density at radius 3 is 2.21 bits per heavy atom. The molecule has 4 nitrogen and oxygen atoms in total. The molecule has 0 saturated carbocycles. The number of amidine groups is 1. The molecule has 0 fully saturated rings. The molecule has 2 aromatic carbocycles. The number of rotatable bonds is 5. The van der Waals surface area contributed by atoms with Gasteiger partial charge in [0.05, 0.1) is 26.0 Å². The van der Waals surface area contributed by atoms with Gasteiger partial charge in [0.25, 0.3) is 0 Å². The summed E-state index contributed by atoms with van der Waals surface area (Å²) in [5.74, 6) is 1.72. The second kappa shape index (κ2) is 7.98. The quantitative estimate of drug-likeness (QED) is 0.663. The summed E-state index contributed by atoms with van der Waals surface area (Å²) >= 11 is 1.71. The molecule has 0 bridgehead atoms. The molecule has 2 aromatic rings. The van der Waals surface area contributed by atoms with Gasteiger partial charge in [-0.15, -0.1) is 0 Å². The largest absolute Gasteiger partial charge is 0.497 e. The smallest absolute Gasteiger partial charge is 0.173 e. The number of nitrogens with zero attached hydrogens (tertiary/aromatic N) is 2. The fourth-order valence-electron chi connectivity index (χ4n) is 3.19. The van der Waals surface area contributed by atoms with E-state index in [9.17, 15) is 0 Å². The van der Waals surface area contributed by atoms with Gasteiger partial charge < -0.3 is 14.4 Å². The fourth-order valence-corrected chi connectivity index (χ4v) is 4.07. The Kier molecular flexibility index (Phi) is 5.26. The van der Waals surface area contributed by atoms with Crippen molar-refractivity contribution in [2.24, 2.45) is 4.99 Å². The number of benzene rings is 2. The van der Waals surface area contributed by atoms with Crippen LogP contribution in [0.3, 0.4) is 0 Å². The van der Waals surface area contributed by atoms with Crippen LogP contribution in [0.15, 0.2) is 82.5 Å². The van der Waals surface area contributed by atoms with Crippen molar-refractivity contribution in [2.75, 3.05) is 14.2 Å². The van der Waals surface area contributed by atoms with Crippen LogP contribution in [-0.4, -0.2) is 24.3 Å². The maximum atomic E-state index is 5.30. The lowest BCUT2D eigenvalue weighted by Gasteiger charge is -2.29. The van der Waals surface area contributed by atoms with Crippen molar-refractivity contribution in [3.05, 3.63) is 88.6 Å². The molecule has 2 heterocycles. The zero-order valence-corrected chi connectivity index (χ0v) is 16.9. The summed E-state index contributed by atoms with van der Waals surface area (Å²) in [4.78, 5) is 8.30. The van der Waals surface area contributed by atoms with Crippen molar-refractivity contribution in [3.63, 3.8) is 0 Å². The molecule has 1 atom stereocenters. The average molecular weight is 391 g/mol. The molecule has 2 aliphatic rings. The second-order valence-electron chi connectivity index (χ2n) is 6.56. The number of allylic oxidation sites excluding steroid dienone is 2. The first kappa shape index (κ1) is 18.4. The van der Waals surface area contributed by atoms with Crippen molar-refractivity contribution < 1.29 is 9.47 Å². The number of methoxy groups -OCH3 is 2. The molecule has 0 spiro atoms. The molecular weight excluding hydrogens is 368 g/mol. The SMILES string of the molecule is COc1ccc(/C=C/C2=CC(c3ccc(OC)cc3)N3C=C(C)SC3=N2)cc1. The van der Waals surface area contributed by atoms with Crippen LogP contribution >= 0.6 is 11.8 Å². The van der Waals surface area contributed by atoms with Crippen LogP contribution in [0, 0.1) is 0 Å². The van der Waals surface area contributed by atoms with E-state index in [0.717, 1.165) is 27.9 Å². The van der Waals surface area contributed by atoms with Crippen LogP contribution in [0.4, 0.5) is 0 Å². The highest BCUT2D eigenvalue weighted by Crippen LogP contribution is 2.39. The Morgan fingerprint density at radius 2 is 1.57 bits per heavy atom. The van der Waals surface area contributed by atoms with Gasteiger partial charge in [0.15, 0.2) is 5.17 Å². The van der Waals surface area contributed by atoms with E-state index in [-0.39, 0.29) is 6.04 Å². The third kappa shape index (κ3) is 3.85. The number of aliphatic imine (C=N–C) groups is 1. The summed E-state index contributed by atoms with van der Waals surface area (Å²) in [6.45, 7) is 2.11. The highest BCUT2D eigenvalue weighted by molar-refractivity contribution is 8.17.